The molecule has 0 heterocycles. The van der Waals surface area contributed by atoms with Gasteiger partial charge < -0.3 is 0 Å². The first kappa shape index (κ1) is 8.82. The molecule has 0 aromatic carbocycles. The third-order valence-corrected chi connectivity index (χ3v) is 0. The molecule has 0 radical (unpaired) electrons. The molecule has 0 aromatic rings. The fourth-order valence-corrected chi connectivity index (χ4v) is 0. The van der Waals surface area contributed by atoms with Crippen molar-refractivity contribution in [1.82, 2.24) is 0 Å². The molecule has 0 bridgehead atoms. The van der Waals surface area contributed by atoms with Gasteiger partial charge in [-0.15, -0.1) is 12.4 Å². The number of hydrogen-bond acceptors (Lipinski definition) is 0. The van der Waals surface area contributed by atoms with Crippen LogP contribution in [0.4, 0.5) is 0 Å². The van der Waals surface area contributed by atoms with Crippen molar-refractivity contribution < 1.29 is 18.3 Å². The Hall–Kier alpha value is 0.653. The first-order chi connectivity index (χ1) is 1.41. The maximum atomic E-state index is 3.31. The van der Waals surface area contributed by atoms with Crippen molar-refractivity contribution in [3.63, 3.8) is 0 Å². The van der Waals surface area contributed by atoms with Crippen LogP contribution in [-0.2, 0) is 18.3 Å². The van der Waals surface area contributed by atoms with E-state index in [1.165, 1.54) is 0 Å². The number of halogens is 1. The van der Waals surface area contributed by atoms with Crippen LogP contribution in [0.5, 0.6) is 0 Å². The predicted molar refractivity (Wildman–Crippen MR) is 17.4 cm³/mol. The van der Waals surface area contributed by atoms with Crippen LogP contribution in [0.25, 0.3) is 0 Å². The van der Waals surface area contributed by atoms with Crippen LogP contribution in [0.1, 0.15) is 0 Å². The fraction of sp³-hybridized carbons (Fsp3) is 0. The van der Waals surface area contributed by atoms with E-state index in [1.807, 2.05) is 0 Å². The van der Waals surface area contributed by atoms with E-state index in [0.29, 0.717) is 0 Å². The topological polar surface area (TPSA) is 0 Å². The average Bonchev–Trinajstić information content (AvgIpc) is 0.918. The molecule has 0 spiro atoms. The van der Waals surface area contributed by atoms with Crippen LogP contribution < -0.4 is 0 Å². The van der Waals surface area contributed by atoms with Gasteiger partial charge in [0.15, 0.2) is 0 Å². The van der Waals surface area contributed by atoms with Gasteiger partial charge in [0.25, 0.3) is 0 Å². The summed E-state index contributed by atoms with van der Waals surface area (Å²) in [4.78, 5) is 0. The normalized spacial score (nSPS) is 3.50. The van der Waals surface area contributed by atoms with Crippen LogP contribution in [0.15, 0.2) is 11.2 Å². The molecule has 0 nitrogen and oxygen atoms in total. The minimum atomic E-state index is 0. The second-order valence-corrected chi connectivity index (χ2v) is 0.805. The third-order valence-electron chi connectivity index (χ3n) is 0. The molecule has 0 atom stereocenters. The molecule has 28 valence electrons. The van der Waals surface area contributed by atoms with E-state index in [9.17, 15) is 0 Å². The SMILES string of the molecule is C=[CH][Rh].Cl. The molecule has 0 aliphatic heterocycles. The van der Waals surface area contributed by atoms with Crippen molar-refractivity contribution in [3.8, 4) is 0 Å². The third kappa shape index (κ3) is 17.0. The Morgan fingerprint density at radius 1 is 1.75 bits per heavy atom. The van der Waals surface area contributed by atoms with Gasteiger partial charge in [-0.05, 0) is 0 Å². The van der Waals surface area contributed by atoms with E-state index >= 15 is 0 Å². The predicted octanol–water partition coefficient (Wildman–Crippen LogP) is 1.10. The zero-order chi connectivity index (χ0) is 2.71. The Morgan fingerprint density at radius 2 is 1.75 bits per heavy atom. The Balaban J connectivity index is 0. The Morgan fingerprint density at radius 3 is 1.75 bits per heavy atom. The van der Waals surface area contributed by atoms with Gasteiger partial charge in [-0.25, -0.2) is 0 Å². The fourth-order valence-electron chi connectivity index (χ4n) is 0. The molecule has 0 aliphatic carbocycles. The van der Waals surface area contributed by atoms with Crippen molar-refractivity contribution in [2.24, 2.45) is 0 Å². The molecular formula is C2H4ClRh. The molecule has 0 fully saturated rings. The molecule has 0 aromatic heterocycles. The average molecular weight is 166 g/mol. The molecule has 2 heteroatoms. The first-order valence-electron chi connectivity index (χ1n) is 0.601. The van der Waals surface area contributed by atoms with E-state index in [0.717, 1.165) is 0 Å². The van der Waals surface area contributed by atoms with Crippen molar-refractivity contribution in [2.75, 3.05) is 0 Å². The monoisotopic (exact) mass is 166 g/mol. The summed E-state index contributed by atoms with van der Waals surface area (Å²) >= 11 is 2.49. The first-order valence-corrected chi connectivity index (χ1v) is 1.55. The minimum absolute atomic E-state index is 0. The van der Waals surface area contributed by atoms with Gasteiger partial charge in [-0.1, -0.05) is 0 Å². The van der Waals surface area contributed by atoms with E-state index in [1.54, 1.807) is 4.67 Å². The molecule has 0 N–H and O–H groups in total. The van der Waals surface area contributed by atoms with Gasteiger partial charge in [-0.2, -0.15) is 0 Å². The molecule has 0 saturated heterocycles. The summed E-state index contributed by atoms with van der Waals surface area (Å²) in [5, 5.41) is 0. The number of rotatable bonds is 0. The van der Waals surface area contributed by atoms with E-state index in [-0.39, 0.29) is 12.4 Å². The zero-order valence-corrected chi connectivity index (χ0v) is 4.48. The van der Waals surface area contributed by atoms with Crippen LogP contribution in [0.3, 0.4) is 0 Å². The Labute approximate surface area is 42.4 Å². The molecule has 0 rings (SSSR count). The summed E-state index contributed by atoms with van der Waals surface area (Å²) in [6.45, 7) is 3.31. The van der Waals surface area contributed by atoms with Crippen LogP contribution in [-0.4, -0.2) is 0 Å². The second kappa shape index (κ2) is 9.41. The summed E-state index contributed by atoms with van der Waals surface area (Å²) in [6, 6.07) is 0. The Bertz CT molecular complexity index is 13.5. The van der Waals surface area contributed by atoms with E-state index in [2.05, 4.69) is 24.9 Å². The van der Waals surface area contributed by atoms with Gasteiger partial charge in [0.1, 0.15) is 0 Å². The van der Waals surface area contributed by atoms with Crippen molar-refractivity contribution in [2.45, 2.75) is 0 Å². The van der Waals surface area contributed by atoms with Crippen LogP contribution in [0, 0.1) is 0 Å². The maximum Gasteiger partial charge on any atom is -0.147 e. The van der Waals surface area contributed by atoms with Gasteiger partial charge >= 0.3 is 29.6 Å². The summed E-state index contributed by atoms with van der Waals surface area (Å²) < 4.78 is 1.64. The second-order valence-electron chi connectivity index (χ2n) is 0.136. The zero-order valence-electron chi connectivity index (χ0n) is 2.03. The molecule has 0 amide bonds. The standard InChI is InChI=1S/C2H3.ClH.Rh/c1-2;;/h1H,2H2;1H;. The molecule has 4 heavy (non-hydrogen) atoms. The van der Waals surface area contributed by atoms with Gasteiger partial charge in [0, 0.05) is 0 Å². The summed E-state index contributed by atoms with van der Waals surface area (Å²) in [5.74, 6) is 0. The molecule has 0 saturated carbocycles. The smallest absolute Gasteiger partial charge is 0.147 e. The van der Waals surface area contributed by atoms with E-state index in [4.69, 9.17) is 0 Å². The van der Waals surface area contributed by atoms with E-state index < -0.39 is 0 Å². The summed E-state index contributed by atoms with van der Waals surface area (Å²) in [6.07, 6.45) is 0. The van der Waals surface area contributed by atoms with Crippen molar-refractivity contribution in [1.29, 1.82) is 0 Å². The number of hydrogen-bond donors (Lipinski definition) is 0. The maximum absolute atomic E-state index is 3.31. The van der Waals surface area contributed by atoms with Crippen molar-refractivity contribution in [3.05, 3.63) is 11.2 Å². The van der Waals surface area contributed by atoms with Crippen molar-refractivity contribution >= 4 is 12.4 Å². The Kier molecular flexibility index (Phi) is 20.8. The van der Waals surface area contributed by atoms with Crippen LogP contribution >= 0.6 is 12.4 Å². The van der Waals surface area contributed by atoms with Gasteiger partial charge in [0.05, 0.1) is 0 Å². The summed E-state index contributed by atoms with van der Waals surface area (Å²) in [5.41, 5.74) is 0. The van der Waals surface area contributed by atoms with Gasteiger partial charge in [-0.3, -0.25) is 0 Å². The molecule has 0 aliphatic rings. The quantitative estimate of drug-likeness (QED) is 0.473. The van der Waals surface area contributed by atoms with Crippen LogP contribution in [0.2, 0.25) is 0 Å². The van der Waals surface area contributed by atoms with Gasteiger partial charge in [0.2, 0.25) is 0 Å². The largest absolute Gasteiger partial charge is 0.147 e. The minimum Gasteiger partial charge on any atom is -0.147 e. The summed E-state index contributed by atoms with van der Waals surface area (Å²) in [7, 11) is 0. The molecule has 0 unspecified atom stereocenters. The molecular weight excluding hydrogens is 162 g/mol.